The van der Waals surface area contributed by atoms with Crippen LogP contribution in [0.3, 0.4) is 0 Å². The summed E-state index contributed by atoms with van der Waals surface area (Å²) in [6, 6.07) is 16.1. The number of rotatable bonds is 5. The van der Waals surface area contributed by atoms with E-state index >= 15 is 0 Å². The van der Waals surface area contributed by atoms with E-state index in [-0.39, 0.29) is 0 Å². The zero-order chi connectivity index (χ0) is 18.6. The fourth-order valence-corrected chi connectivity index (χ4v) is 3.55. The summed E-state index contributed by atoms with van der Waals surface area (Å²) in [6.45, 7) is 2.03. The topological polar surface area (TPSA) is 47.9 Å². The molecular formula is C22H19N3OS. The largest absolute Gasteiger partial charge is 0.479 e. The molecule has 0 saturated heterocycles. The van der Waals surface area contributed by atoms with E-state index in [2.05, 4.69) is 39.6 Å². The molecule has 0 spiro atoms. The Morgan fingerprint density at radius 3 is 2.56 bits per heavy atom. The van der Waals surface area contributed by atoms with Crippen molar-refractivity contribution < 1.29 is 4.74 Å². The van der Waals surface area contributed by atoms with E-state index < -0.39 is 0 Å². The molecule has 0 atom stereocenters. The van der Waals surface area contributed by atoms with E-state index in [1.807, 2.05) is 43.3 Å². The van der Waals surface area contributed by atoms with E-state index in [0.29, 0.717) is 5.88 Å². The van der Waals surface area contributed by atoms with Gasteiger partial charge < -0.3 is 4.74 Å². The second-order valence-corrected chi connectivity index (χ2v) is 7.22. The zero-order valence-corrected chi connectivity index (χ0v) is 16.0. The lowest BCUT2D eigenvalue weighted by atomic mass is 10.1. The minimum Gasteiger partial charge on any atom is -0.479 e. The predicted octanol–water partition coefficient (Wildman–Crippen LogP) is 5.33. The maximum atomic E-state index is 5.49. The molecule has 134 valence electrons. The second-order valence-electron chi connectivity index (χ2n) is 6.16. The van der Waals surface area contributed by atoms with Gasteiger partial charge in [0.25, 0.3) is 0 Å². The van der Waals surface area contributed by atoms with Crippen LogP contribution in [0.4, 0.5) is 0 Å². The molecule has 0 N–H and O–H groups in total. The van der Waals surface area contributed by atoms with Gasteiger partial charge in [-0.05, 0) is 30.7 Å². The van der Waals surface area contributed by atoms with Crippen molar-refractivity contribution in [2.24, 2.45) is 0 Å². The first-order valence-electron chi connectivity index (χ1n) is 8.72. The number of hydrogen-bond acceptors (Lipinski definition) is 5. The van der Waals surface area contributed by atoms with Crippen LogP contribution in [-0.4, -0.2) is 22.1 Å². The first kappa shape index (κ1) is 17.4. The number of benzene rings is 2. The number of methoxy groups -OCH3 is 1. The number of nitrogens with zero attached hydrogens (tertiary/aromatic N) is 3. The lowest BCUT2D eigenvalue weighted by molar-refractivity contribution is 0.400. The third-order valence-corrected chi connectivity index (χ3v) is 5.02. The molecule has 0 aliphatic carbocycles. The van der Waals surface area contributed by atoms with Crippen LogP contribution in [0, 0.1) is 6.92 Å². The average Bonchev–Trinajstić information content (AvgIpc) is 3.12. The van der Waals surface area contributed by atoms with E-state index in [1.165, 1.54) is 0 Å². The Morgan fingerprint density at radius 2 is 1.81 bits per heavy atom. The molecule has 0 unspecified atom stereocenters. The Bertz CT molecular complexity index is 1120. The second kappa shape index (κ2) is 7.68. The van der Waals surface area contributed by atoms with Gasteiger partial charge >= 0.3 is 0 Å². The minimum atomic E-state index is 0.535. The fourth-order valence-electron chi connectivity index (χ4n) is 2.92. The zero-order valence-electron chi connectivity index (χ0n) is 15.2. The summed E-state index contributed by atoms with van der Waals surface area (Å²) in [5, 5.41) is 3.20. The van der Waals surface area contributed by atoms with Crippen molar-refractivity contribution in [1.82, 2.24) is 15.0 Å². The Morgan fingerprint density at radius 1 is 1.00 bits per heavy atom. The molecule has 4 rings (SSSR count). The maximum Gasteiger partial charge on any atom is 0.240 e. The molecule has 2 heterocycles. The standard InChI is InChI=1S/C22H19N3OS/c1-15-23-18(14-27-15)10-6-8-16-7-5-9-17(13-16)21-22(26-2)25-20-12-4-3-11-19(20)24-21/h3-9,11-14H,10H2,1-2H3/b8-6+. The first-order chi connectivity index (χ1) is 13.2. The van der Waals surface area contributed by atoms with Crippen molar-refractivity contribution in [3.8, 4) is 17.1 Å². The Balaban J connectivity index is 1.64. The Hall–Kier alpha value is -3.05. The molecule has 0 bridgehead atoms. The van der Waals surface area contributed by atoms with Gasteiger partial charge in [-0.15, -0.1) is 11.3 Å². The normalized spacial score (nSPS) is 11.3. The van der Waals surface area contributed by atoms with Crippen LogP contribution in [0.1, 0.15) is 16.3 Å². The molecule has 2 aromatic heterocycles. The summed E-state index contributed by atoms with van der Waals surface area (Å²) < 4.78 is 5.49. The van der Waals surface area contributed by atoms with E-state index in [0.717, 1.165) is 45.0 Å². The number of ether oxygens (including phenoxy) is 1. The monoisotopic (exact) mass is 373 g/mol. The third-order valence-electron chi connectivity index (χ3n) is 4.20. The summed E-state index contributed by atoms with van der Waals surface area (Å²) in [7, 11) is 1.63. The molecule has 0 radical (unpaired) electrons. The molecule has 27 heavy (non-hydrogen) atoms. The molecule has 0 aliphatic heterocycles. The highest BCUT2D eigenvalue weighted by atomic mass is 32.1. The Labute approximate surface area is 162 Å². The first-order valence-corrected chi connectivity index (χ1v) is 9.59. The smallest absolute Gasteiger partial charge is 0.240 e. The van der Waals surface area contributed by atoms with Gasteiger partial charge in [0.2, 0.25) is 5.88 Å². The van der Waals surface area contributed by atoms with Crippen molar-refractivity contribution in [3.05, 3.63) is 76.3 Å². The predicted molar refractivity (Wildman–Crippen MR) is 111 cm³/mol. The van der Waals surface area contributed by atoms with Gasteiger partial charge in [0.1, 0.15) is 5.69 Å². The van der Waals surface area contributed by atoms with Crippen molar-refractivity contribution in [2.75, 3.05) is 7.11 Å². The number of thiazole rings is 1. The van der Waals surface area contributed by atoms with Gasteiger partial charge in [-0.1, -0.05) is 42.5 Å². The van der Waals surface area contributed by atoms with Crippen molar-refractivity contribution in [3.63, 3.8) is 0 Å². The van der Waals surface area contributed by atoms with Crippen LogP contribution >= 0.6 is 11.3 Å². The number of hydrogen-bond donors (Lipinski definition) is 0. The number of para-hydroxylation sites is 2. The quantitative estimate of drug-likeness (QED) is 0.475. The number of fused-ring (bicyclic) bond motifs is 1. The highest BCUT2D eigenvalue weighted by Gasteiger charge is 2.11. The van der Waals surface area contributed by atoms with Crippen LogP contribution in [-0.2, 0) is 6.42 Å². The third kappa shape index (κ3) is 3.88. The summed E-state index contributed by atoms with van der Waals surface area (Å²) in [5.41, 5.74) is 5.63. The molecule has 4 nitrogen and oxygen atoms in total. The molecule has 0 fully saturated rings. The van der Waals surface area contributed by atoms with Crippen LogP contribution in [0.2, 0.25) is 0 Å². The van der Waals surface area contributed by atoms with Crippen LogP contribution in [0.25, 0.3) is 28.4 Å². The summed E-state index contributed by atoms with van der Waals surface area (Å²) >= 11 is 1.68. The Kier molecular flexibility index (Phi) is 4.94. The molecule has 0 saturated carbocycles. The van der Waals surface area contributed by atoms with Gasteiger partial charge in [0, 0.05) is 17.4 Å². The van der Waals surface area contributed by atoms with Gasteiger partial charge in [-0.25, -0.2) is 15.0 Å². The summed E-state index contributed by atoms with van der Waals surface area (Å²) in [5.74, 6) is 0.535. The van der Waals surface area contributed by atoms with Gasteiger partial charge in [0.05, 0.1) is 28.8 Å². The molecule has 0 aliphatic rings. The highest BCUT2D eigenvalue weighted by Crippen LogP contribution is 2.29. The number of allylic oxidation sites excluding steroid dienone is 1. The highest BCUT2D eigenvalue weighted by molar-refractivity contribution is 7.09. The van der Waals surface area contributed by atoms with E-state index in [4.69, 9.17) is 9.72 Å². The molecular weight excluding hydrogens is 354 g/mol. The van der Waals surface area contributed by atoms with Crippen LogP contribution in [0.15, 0.2) is 60.0 Å². The lowest BCUT2D eigenvalue weighted by Crippen LogP contribution is -1.96. The SMILES string of the molecule is COc1nc2ccccc2nc1-c1cccc(/C=C/Cc2csc(C)n2)c1. The number of aromatic nitrogens is 3. The summed E-state index contributed by atoms with van der Waals surface area (Å²) in [6.07, 6.45) is 5.07. The van der Waals surface area contributed by atoms with Gasteiger partial charge in [-0.3, -0.25) is 0 Å². The minimum absolute atomic E-state index is 0.535. The van der Waals surface area contributed by atoms with Gasteiger partial charge in [-0.2, -0.15) is 0 Å². The summed E-state index contributed by atoms with van der Waals surface area (Å²) in [4.78, 5) is 13.9. The van der Waals surface area contributed by atoms with Crippen molar-refractivity contribution in [1.29, 1.82) is 0 Å². The molecule has 5 heteroatoms. The molecule has 0 amide bonds. The fraction of sp³-hybridized carbons (Fsp3) is 0.136. The molecule has 4 aromatic rings. The number of aryl methyl sites for hydroxylation is 1. The van der Waals surface area contributed by atoms with Gasteiger partial charge in [0.15, 0.2) is 0 Å². The van der Waals surface area contributed by atoms with Crippen molar-refractivity contribution >= 4 is 28.4 Å². The van der Waals surface area contributed by atoms with Crippen LogP contribution < -0.4 is 4.74 Å². The van der Waals surface area contributed by atoms with Crippen LogP contribution in [0.5, 0.6) is 5.88 Å². The lowest BCUT2D eigenvalue weighted by Gasteiger charge is -2.09. The maximum absolute atomic E-state index is 5.49. The molecule has 2 aromatic carbocycles. The van der Waals surface area contributed by atoms with E-state index in [9.17, 15) is 0 Å². The average molecular weight is 373 g/mol. The van der Waals surface area contributed by atoms with E-state index in [1.54, 1.807) is 18.4 Å². The van der Waals surface area contributed by atoms with Crippen molar-refractivity contribution in [2.45, 2.75) is 13.3 Å².